The molecular formula is C16H20F3NO5. The van der Waals surface area contributed by atoms with E-state index in [1.54, 1.807) is 13.8 Å². The highest BCUT2D eigenvalue weighted by atomic mass is 19.4. The summed E-state index contributed by atoms with van der Waals surface area (Å²) < 4.78 is 49.9. The number of halogens is 3. The van der Waals surface area contributed by atoms with Gasteiger partial charge in [0.25, 0.3) is 0 Å². The van der Waals surface area contributed by atoms with E-state index in [1.165, 1.54) is 0 Å². The first-order chi connectivity index (χ1) is 11.6. The predicted octanol–water partition coefficient (Wildman–Crippen LogP) is 2.29. The lowest BCUT2D eigenvalue weighted by atomic mass is 10.1. The zero-order chi connectivity index (χ0) is 18.8. The van der Waals surface area contributed by atoms with E-state index in [0.717, 1.165) is 0 Å². The van der Waals surface area contributed by atoms with Gasteiger partial charge in [0, 0.05) is 12.6 Å². The summed E-state index contributed by atoms with van der Waals surface area (Å²) in [6, 6.07) is 1.04. The van der Waals surface area contributed by atoms with Crippen molar-refractivity contribution in [1.82, 2.24) is 5.32 Å². The largest absolute Gasteiger partial charge is 0.491 e. The van der Waals surface area contributed by atoms with Crippen LogP contribution < -0.4 is 14.8 Å². The number of aliphatic hydroxyl groups excluding tert-OH is 1. The fourth-order valence-electron chi connectivity index (χ4n) is 2.54. The predicted molar refractivity (Wildman–Crippen MR) is 82.1 cm³/mol. The molecule has 140 valence electrons. The lowest BCUT2D eigenvalue weighted by molar-refractivity contribution is -0.137. The lowest BCUT2D eigenvalue weighted by Gasteiger charge is -2.20. The maximum atomic E-state index is 13.1. The zero-order valence-electron chi connectivity index (χ0n) is 13.8. The second-order valence-electron chi connectivity index (χ2n) is 6.12. The van der Waals surface area contributed by atoms with E-state index >= 15 is 0 Å². The molecule has 0 amide bonds. The minimum Gasteiger partial charge on any atom is -0.491 e. The summed E-state index contributed by atoms with van der Waals surface area (Å²) in [6.07, 6.45) is -5.38. The van der Waals surface area contributed by atoms with Crippen LogP contribution in [0, 0.1) is 0 Å². The van der Waals surface area contributed by atoms with E-state index in [9.17, 15) is 28.2 Å². The molecule has 1 aromatic rings. The summed E-state index contributed by atoms with van der Waals surface area (Å²) in [5.74, 6) is -2.26. The fraction of sp³-hybridized carbons (Fsp3) is 0.562. The standard InChI is InChI=1S/C16H20F3NO5/c1-8(2)25-13-4-9(16(17,18)19)3-12(14(13)15(22)23)24-7-10-5-11(21)6-20-10/h3-4,8,10-11,20-21H,5-7H2,1-2H3,(H,22,23)/t10-,11-/m1/s1. The average molecular weight is 363 g/mol. The van der Waals surface area contributed by atoms with Gasteiger partial charge in [-0.1, -0.05) is 0 Å². The van der Waals surface area contributed by atoms with Crippen LogP contribution in [0.25, 0.3) is 0 Å². The molecule has 0 unspecified atom stereocenters. The molecule has 0 bridgehead atoms. The number of ether oxygens (including phenoxy) is 2. The third-order valence-corrected chi connectivity index (χ3v) is 3.61. The second-order valence-corrected chi connectivity index (χ2v) is 6.12. The topological polar surface area (TPSA) is 88.0 Å². The van der Waals surface area contributed by atoms with Crippen molar-refractivity contribution in [2.75, 3.05) is 13.2 Å². The number of carboxylic acids is 1. The van der Waals surface area contributed by atoms with E-state index in [1.807, 2.05) is 0 Å². The van der Waals surface area contributed by atoms with Crippen LogP contribution in [-0.4, -0.2) is 47.6 Å². The van der Waals surface area contributed by atoms with E-state index in [2.05, 4.69) is 5.32 Å². The van der Waals surface area contributed by atoms with Crippen molar-refractivity contribution in [1.29, 1.82) is 0 Å². The molecule has 6 nitrogen and oxygen atoms in total. The van der Waals surface area contributed by atoms with Crippen LogP contribution in [0.1, 0.15) is 36.2 Å². The van der Waals surface area contributed by atoms with Gasteiger partial charge in [0.05, 0.1) is 17.8 Å². The molecule has 0 spiro atoms. The number of carboxylic acid groups (broad SMARTS) is 1. The van der Waals surface area contributed by atoms with Crippen LogP contribution in [0.15, 0.2) is 12.1 Å². The number of hydrogen-bond donors (Lipinski definition) is 3. The van der Waals surface area contributed by atoms with Crippen molar-refractivity contribution in [3.05, 3.63) is 23.3 Å². The summed E-state index contributed by atoms with van der Waals surface area (Å²) in [7, 11) is 0. The number of hydrogen-bond acceptors (Lipinski definition) is 5. The van der Waals surface area contributed by atoms with Crippen LogP contribution in [-0.2, 0) is 6.18 Å². The Morgan fingerprint density at radius 2 is 2.00 bits per heavy atom. The number of aromatic carboxylic acids is 1. The zero-order valence-corrected chi connectivity index (χ0v) is 13.8. The van der Waals surface area contributed by atoms with Crippen molar-refractivity contribution in [2.45, 2.75) is 44.7 Å². The third-order valence-electron chi connectivity index (χ3n) is 3.61. The molecule has 25 heavy (non-hydrogen) atoms. The summed E-state index contributed by atoms with van der Waals surface area (Å²) >= 11 is 0. The van der Waals surface area contributed by atoms with Gasteiger partial charge in [0.2, 0.25) is 0 Å². The number of benzene rings is 1. The van der Waals surface area contributed by atoms with Crippen LogP contribution in [0.4, 0.5) is 13.2 Å². The van der Waals surface area contributed by atoms with Crippen molar-refractivity contribution in [3.63, 3.8) is 0 Å². The first kappa shape index (κ1) is 19.3. The van der Waals surface area contributed by atoms with Gasteiger partial charge in [-0.15, -0.1) is 0 Å². The molecule has 2 atom stereocenters. The summed E-state index contributed by atoms with van der Waals surface area (Å²) in [4.78, 5) is 11.5. The number of alkyl halides is 3. The molecule has 1 aromatic carbocycles. The Morgan fingerprint density at radius 3 is 2.48 bits per heavy atom. The van der Waals surface area contributed by atoms with Gasteiger partial charge in [-0.3, -0.25) is 0 Å². The molecule has 1 fully saturated rings. The Balaban J connectivity index is 2.37. The van der Waals surface area contributed by atoms with Crippen molar-refractivity contribution >= 4 is 5.97 Å². The minimum atomic E-state index is -4.67. The Morgan fingerprint density at radius 1 is 1.36 bits per heavy atom. The summed E-state index contributed by atoms with van der Waals surface area (Å²) in [5, 5.41) is 21.8. The molecule has 1 aliphatic heterocycles. The van der Waals surface area contributed by atoms with Crippen LogP contribution in [0.5, 0.6) is 11.5 Å². The number of carbonyl (C=O) groups is 1. The SMILES string of the molecule is CC(C)Oc1cc(C(F)(F)F)cc(OC[C@H]2C[C@@H](O)CN2)c1C(=O)O. The quantitative estimate of drug-likeness (QED) is 0.719. The normalized spacial score (nSPS) is 20.8. The molecule has 0 aromatic heterocycles. The smallest absolute Gasteiger partial charge is 0.416 e. The van der Waals surface area contributed by atoms with Gasteiger partial charge in [-0.2, -0.15) is 13.2 Å². The Bertz CT molecular complexity index is 633. The average Bonchev–Trinajstić information content (AvgIpc) is 2.88. The molecule has 1 saturated heterocycles. The van der Waals surface area contributed by atoms with Crippen molar-refractivity contribution < 1.29 is 37.7 Å². The van der Waals surface area contributed by atoms with E-state index in [0.29, 0.717) is 25.1 Å². The molecule has 2 rings (SSSR count). The summed E-state index contributed by atoms with van der Waals surface area (Å²) in [6.45, 7) is 3.44. The van der Waals surface area contributed by atoms with Crippen LogP contribution >= 0.6 is 0 Å². The Labute approximate surface area is 142 Å². The van der Waals surface area contributed by atoms with Crippen molar-refractivity contribution in [3.8, 4) is 11.5 Å². The monoisotopic (exact) mass is 363 g/mol. The first-order valence-electron chi connectivity index (χ1n) is 7.77. The molecule has 9 heteroatoms. The van der Waals surface area contributed by atoms with Gasteiger partial charge in [-0.25, -0.2) is 4.79 Å². The van der Waals surface area contributed by atoms with Crippen LogP contribution in [0.2, 0.25) is 0 Å². The molecular weight excluding hydrogens is 343 g/mol. The summed E-state index contributed by atoms with van der Waals surface area (Å²) in [5.41, 5.74) is -1.51. The maximum Gasteiger partial charge on any atom is 0.416 e. The van der Waals surface area contributed by atoms with Gasteiger partial charge in [0.1, 0.15) is 23.7 Å². The molecule has 0 radical (unpaired) electrons. The molecule has 0 aliphatic carbocycles. The van der Waals surface area contributed by atoms with E-state index in [-0.39, 0.29) is 12.6 Å². The third kappa shape index (κ3) is 4.99. The molecule has 1 aliphatic rings. The highest BCUT2D eigenvalue weighted by Crippen LogP contribution is 2.39. The molecule has 1 heterocycles. The molecule has 0 saturated carbocycles. The van der Waals surface area contributed by atoms with E-state index < -0.39 is 47.0 Å². The fourth-order valence-corrected chi connectivity index (χ4v) is 2.54. The van der Waals surface area contributed by atoms with Gasteiger partial charge in [-0.05, 0) is 32.4 Å². The van der Waals surface area contributed by atoms with Gasteiger partial charge in [0.15, 0.2) is 0 Å². The minimum absolute atomic E-state index is 0.0697. The Hall–Kier alpha value is -2.00. The maximum absolute atomic E-state index is 13.1. The lowest BCUT2D eigenvalue weighted by Crippen LogP contribution is -2.28. The number of β-amino-alcohol motifs (C(OH)–C–C–N with tert-alkyl or cyclic N) is 1. The Kier molecular flexibility index (Phi) is 5.79. The highest BCUT2D eigenvalue weighted by Gasteiger charge is 2.35. The number of rotatable bonds is 6. The van der Waals surface area contributed by atoms with Crippen molar-refractivity contribution in [2.24, 2.45) is 0 Å². The first-order valence-corrected chi connectivity index (χ1v) is 7.77. The number of aliphatic hydroxyl groups is 1. The van der Waals surface area contributed by atoms with Gasteiger partial charge >= 0.3 is 12.1 Å². The number of nitrogens with one attached hydrogen (secondary N) is 1. The second kappa shape index (κ2) is 7.49. The molecule has 3 N–H and O–H groups in total. The highest BCUT2D eigenvalue weighted by molar-refractivity contribution is 5.94. The van der Waals surface area contributed by atoms with Gasteiger partial charge < -0.3 is 25.0 Å². The van der Waals surface area contributed by atoms with Crippen LogP contribution in [0.3, 0.4) is 0 Å². The van der Waals surface area contributed by atoms with E-state index in [4.69, 9.17) is 9.47 Å².